The molecule has 1 aliphatic carbocycles. The average Bonchev–Trinajstić information content (AvgIpc) is 1.52. The molecule has 0 spiro atoms. The first-order valence-electron chi connectivity index (χ1n) is 51.6. The average molecular weight is 1960 g/mol. The minimum absolute atomic E-state index is 0.425. The van der Waals surface area contributed by atoms with Gasteiger partial charge in [-0.25, -0.2) is 4.98 Å². The highest BCUT2D eigenvalue weighted by molar-refractivity contribution is 8.00. The maximum Gasteiger partial charge on any atom is 0.0723 e. The highest BCUT2D eigenvalue weighted by atomic mass is 32.2. The van der Waals surface area contributed by atoms with E-state index in [1.807, 2.05) is 34.4 Å². The first kappa shape index (κ1) is 86.0. The van der Waals surface area contributed by atoms with Crippen molar-refractivity contribution in [2.24, 2.45) is 0 Å². The zero-order chi connectivity index (χ0) is 98.3. The lowest BCUT2D eigenvalue weighted by molar-refractivity contribution is 0.884. The Morgan fingerprint density at radius 1 is 0.193 bits per heavy atom. The summed E-state index contributed by atoms with van der Waals surface area (Å²) in [5, 5.41) is 36.5. The molecule has 33 rings (SSSR count). The summed E-state index contributed by atoms with van der Waals surface area (Å²) < 4.78 is 12.6. The molecule has 7 heteroatoms. The molecule has 0 saturated heterocycles. The monoisotopic (exact) mass is 1960 g/mol. The third-order valence-corrected chi connectivity index (χ3v) is 35.6. The SMILES string of the molecule is C1=CC2Sc3ccccc3C2C=C1c1cccc(-c2ccc3c(c2)c2ccccc2n3-c2ccc3c4ccccc4c4ccccc4c3c2)c1.c1cc(-c2ccc3c(c2)c2ccccc2n3-c2ccc3c4ccccc4c4ccccc4c3c2)cc(-c2cccc3c2sc2ccccc23)c1.c1cc(-c2ccc3c(c2)c2ccccc2n3-c2ccc3c4ccccc4c4ccccc4c3c2)nc(-c2cccc3c2sc2ccccc23)c1. The van der Waals surface area contributed by atoms with Crippen molar-refractivity contribution in [1.29, 1.82) is 0 Å². The molecule has 0 amide bonds. The minimum Gasteiger partial charge on any atom is -0.309 e. The Kier molecular flexibility index (Phi) is 19.9. The van der Waals surface area contributed by atoms with E-state index in [4.69, 9.17) is 4.98 Å². The molecule has 2 unspecified atom stereocenters. The van der Waals surface area contributed by atoms with Gasteiger partial charge in [-0.05, 0) is 280 Å². The fourth-order valence-corrected chi connectivity index (χ4v) is 28.8. The van der Waals surface area contributed by atoms with Crippen LogP contribution >= 0.6 is 34.4 Å². The Bertz CT molecular complexity index is 10700. The summed E-state index contributed by atoms with van der Waals surface area (Å²) in [5.74, 6) is 0.425. The van der Waals surface area contributed by atoms with Crippen LogP contribution in [0.5, 0.6) is 0 Å². The number of benzene rings is 25. The zero-order valence-electron chi connectivity index (χ0n) is 81.3. The molecule has 0 saturated carbocycles. The Morgan fingerprint density at radius 3 is 0.960 bits per heavy atom. The fourth-order valence-electron chi connectivity index (χ4n) is 25.0. The van der Waals surface area contributed by atoms with E-state index in [9.17, 15) is 0 Å². The molecule has 698 valence electrons. The van der Waals surface area contributed by atoms with E-state index < -0.39 is 0 Å². The van der Waals surface area contributed by atoms with Gasteiger partial charge >= 0.3 is 0 Å². The lowest BCUT2D eigenvalue weighted by Crippen LogP contribution is -2.08. The summed E-state index contributed by atoms with van der Waals surface area (Å²) in [6, 6.07) is 185. The Morgan fingerprint density at radius 2 is 0.507 bits per heavy atom. The largest absolute Gasteiger partial charge is 0.309 e. The van der Waals surface area contributed by atoms with Crippen LogP contribution in [0.4, 0.5) is 0 Å². The number of nitrogens with zero attached hydrogens (tertiary/aromatic N) is 4. The molecule has 25 aromatic carbocycles. The summed E-state index contributed by atoms with van der Waals surface area (Å²) in [6.45, 7) is 0. The van der Waals surface area contributed by atoms with Gasteiger partial charge in [0.25, 0.3) is 0 Å². The molecule has 0 fully saturated rings. The summed E-state index contributed by atoms with van der Waals surface area (Å²) >= 11 is 5.72. The van der Waals surface area contributed by atoms with Crippen LogP contribution in [0.1, 0.15) is 17.0 Å². The van der Waals surface area contributed by atoms with Crippen LogP contribution in [0.15, 0.2) is 527 Å². The molecular formula is C143H88N4S3. The van der Waals surface area contributed by atoms with Gasteiger partial charge in [0.15, 0.2) is 0 Å². The van der Waals surface area contributed by atoms with E-state index >= 15 is 0 Å². The molecule has 4 nitrogen and oxygen atoms in total. The number of thioether (sulfide) groups is 1. The van der Waals surface area contributed by atoms with Crippen molar-refractivity contribution in [2.75, 3.05) is 0 Å². The molecule has 6 aromatic heterocycles. The van der Waals surface area contributed by atoms with Crippen LogP contribution in [0, 0.1) is 0 Å². The van der Waals surface area contributed by atoms with Crippen molar-refractivity contribution in [1.82, 2.24) is 18.7 Å². The van der Waals surface area contributed by atoms with Crippen LogP contribution in [-0.2, 0) is 0 Å². The van der Waals surface area contributed by atoms with Gasteiger partial charge in [-0.15, -0.1) is 34.4 Å². The molecule has 2 aliphatic rings. The van der Waals surface area contributed by atoms with Gasteiger partial charge in [0.05, 0.1) is 44.5 Å². The molecule has 2 atom stereocenters. The predicted molar refractivity (Wildman–Crippen MR) is 647 cm³/mol. The number of fused-ring (bicyclic) bond motifs is 36. The molecule has 0 bridgehead atoms. The van der Waals surface area contributed by atoms with Crippen LogP contribution in [0.3, 0.4) is 0 Å². The predicted octanol–water partition coefficient (Wildman–Crippen LogP) is 40.4. The lowest BCUT2D eigenvalue weighted by atomic mass is 9.87. The fraction of sp³-hybridized carbons (Fsp3) is 0.0140. The summed E-state index contributed by atoms with van der Waals surface area (Å²) in [7, 11) is 0. The number of para-hydroxylation sites is 3. The van der Waals surface area contributed by atoms with Crippen LogP contribution in [0.2, 0.25) is 0 Å². The number of thiophene rings is 2. The van der Waals surface area contributed by atoms with Crippen LogP contribution in [0.25, 0.3) is 281 Å². The van der Waals surface area contributed by atoms with Crippen molar-refractivity contribution < 1.29 is 0 Å². The van der Waals surface area contributed by atoms with E-state index in [-0.39, 0.29) is 0 Å². The van der Waals surface area contributed by atoms with E-state index in [2.05, 4.69) is 535 Å². The third-order valence-electron chi connectivity index (χ3n) is 31.9. The second kappa shape index (κ2) is 34.7. The Hall–Kier alpha value is -18.3. The van der Waals surface area contributed by atoms with Crippen molar-refractivity contribution >= 4 is 243 Å². The quantitative estimate of drug-likeness (QED) is 0.135. The van der Waals surface area contributed by atoms with E-state index in [1.54, 1.807) is 0 Å². The molecular weight excluding hydrogens is 1870 g/mol. The van der Waals surface area contributed by atoms with Gasteiger partial charge < -0.3 is 13.7 Å². The molecule has 1 aliphatic heterocycles. The maximum absolute atomic E-state index is 5.27. The van der Waals surface area contributed by atoms with Gasteiger partial charge in [-0.1, -0.05) is 388 Å². The summed E-state index contributed by atoms with van der Waals surface area (Å²) in [5.41, 5.74) is 26.5. The van der Waals surface area contributed by atoms with Crippen LogP contribution in [-0.4, -0.2) is 23.9 Å². The van der Waals surface area contributed by atoms with Crippen molar-refractivity contribution in [2.45, 2.75) is 16.1 Å². The van der Waals surface area contributed by atoms with Gasteiger partial charge in [0.2, 0.25) is 0 Å². The first-order chi connectivity index (χ1) is 74.4. The molecule has 150 heavy (non-hydrogen) atoms. The molecule has 7 heterocycles. The first-order valence-corrected chi connectivity index (χ1v) is 54.2. The number of rotatable bonds is 9. The number of allylic oxidation sites excluding steroid dienone is 3. The third kappa shape index (κ3) is 13.8. The second-order valence-corrected chi connectivity index (χ2v) is 43.3. The molecule has 0 radical (unpaired) electrons. The topological polar surface area (TPSA) is 27.7 Å². The summed E-state index contributed by atoms with van der Waals surface area (Å²) in [4.78, 5) is 6.69. The Balaban J connectivity index is 0.000000101. The summed E-state index contributed by atoms with van der Waals surface area (Å²) in [6.07, 6.45) is 7.21. The molecule has 31 aromatic rings. The minimum atomic E-state index is 0.425. The number of pyridine rings is 1. The molecule has 0 N–H and O–H groups in total. The van der Waals surface area contributed by atoms with E-state index in [0.717, 1.165) is 22.6 Å². The zero-order valence-corrected chi connectivity index (χ0v) is 83.8. The Labute approximate surface area is 876 Å². The van der Waals surface area contributed by atoms with Gasteiger partial charge in [-0.3, -0.25) is 0 Å². The van der Waals surface area contributed by atoms with E-state index in [0.29, 0.717) is 11.2 Å². The smallest absolute Gasteiger partial charge is 0.0723 e. The number of hydrogen-bond donors (Lipinski definition) is 0. The van der Waals surface area contributed by atoms with Crippen LogP contribution < -0.4 is 0 Å². The van der Waals surface area contributed by atoms with Gasteiger partial charge in [-0.2, -0.15) is 0 Å². The van der Waals surface area contributed by atoms with Crippen molar-refractivity contribution in [3.8, 4) is 73.0 Å². The standard InChI is InChI=1S/C48H29NS.C48H31NS.C47H28N2S/c1-2-15-37-35(13-1)36-14-3-4-16-38(36)43-29-33(24-25-39(37)43)49-45-21-7-5-17-40(45)44-28-31(23-26-46(44)49)30-11-9-12-32(27-30)34-19-10-20-42-41-18-6-8-22-47(41)50-48(34)42;1-2-14-37-35(12-1)36-13-3-4-15-38(36)42-29-34(22-23-39(37)42)49-45-18-7-5-16-40(45)43-27-32(20-24-46(43)49)30-10-9-11-31(26-30)33-21-25-48-44(28-33)41-17-6-8-19-47(41)50-48;1-2-13-33-31(11-1)32-12-3-4-14-34(32)40-28-30(24-25-35(33)40)49-44-21-7-5-15-36(44)41-27-29(23-26-45(41)49)42-19-10-20-43(48-42)39-18-9-17-38-37-16-6-8-22-46(37)50-47(38)39/h1-29H;1-29,44,48H;1-28H. The normalized spacial score (nSPS) is 13.6. The maximum atomic E-state index is 5.27. The van der Waals surface area contributed by atoms with E-state index in [1.165, 1.54) is 275 Å². The lowest BCUT2D eigenvalue weighted by Gasteiger charge is -2.19. The van der Waals surface area contributed by atoms with Gasteiger partial charge in [0.1, 0.15) is 0 Å². The number of aromatic nitrogens is 4. The number of hydrogen-bond acceptors (Lipinski definition) is 4. The second-order valence-electron chi connectivity index (χ2n) is 40.0. The highest BCUT2D eigenvalue weighted by Crippen LogP contribution is 2.53. The van der Waals surface area contributed by atoms with Crippen molar-refractivity contribution in [3.05, 3.63) is 533 Å². The van der Waals surface area contributed by atoms with Crippen molar-refractivity contribution in [3.63, 3.8) is 0 Å². The highest BCUT2D eigenvalue weighted by Gasteiger charge is 2.33. The van der Waals surface area contributed by atoms with Gasteiger partial charge in [0, 0.05) is 117 Å².